The first-order valence-electron chi connectivity index (χ1n) is 13.0. The van der Waals surface area contributed by atoms with Crippen LogP contribution in [0.15, 0.2) is 18.2 Å². The number of ether oxygens (including phenoxy) is 1. The number of hydrogen-bond donors (Lipinski definition) is 3. The summed E-state index contributed by atoms with van der Waals surface area (Å²) in [6.45, 7) is 16.6. The Morgan fingerprint density at radius 2 is 1.72 bits per heavy atom. The summed E-state index contributed by atoms with van der Waals surface area (Å²) >= 11 is 0. The van der Waals surface area contributed by atoms with Gasteiger partial charge in [-0.15, -0.1) is 0 Å². The molecule has 204 valence electrons. The number of nitrogens with one attached hydrogen (secondary N) is 2. The third kappa shape index (κ3) is 9.80. The fraction of sp³-hybridized carbons (Fsp3) is 0.679. The molecule has 1 aromatic rings. The SMILES string of the molecule is CCCC(C)NC(=O)C(c1cccc(C)c1C)N(CCO)C(=O)C(CC(C)C)NC(=O)OC(C)(C)C. The number of aliphatic hydroxyl groups excluding tert-OH is 1. The lowest BCUT2D eigenvalue weighted by molar-refractivity contribution is -0.143. The molecule has 0 spiro atoms. The summed E-state index contributed by atoms with van der Waals surface area (Å²) < 4.78 is 5.40. The minimum atomic E-state index is -0.959. The number of rotatable bonds is 12. The normalized spacial score (nSPS) is 14.1. The highest BCUT2D eigenvalue weighted by molar-refractivity contribution is 5.92. The molecule has 0 bridgehead atoms. The van der Waals surface area contributed by atoms with Gasteiger partial charge in [0.2, 0.25) is 11.8 Å². The van der Waals surface area contributed by atoms with Crippen LogP contribution in [-0.2, 0) is 14.3 Å². The van der Waals surface area contributed by atoms with Crippen LogP contribution in [0, 0.1) is 19.8 Å². The Hall–Kier alpha value is -2.61. The van der Waals surface area contributed by atoms with Gasteiger partial charge in [0.1, 0.15) is 17.7 Å². The Morgan fingerprint density at radius 1 is 1.08 bits per heavy atom. The number of aliphatic hydroxyl groups is 1. The smallest absolute Gasteiger partial charge is 0.408 e. The second-order valence-corrected chi connectivity index (χ2v) is 11.0. The van der Waals surface area contributed by atoms with Crippen molar-refractivity contribution in [3.8, 4) is 0 Å². The zero-order valence-electron chi connectivity index (χ0n) is 23.6. The van der Waals surface area contributed by atoms with Crippen LogP contribution in [0.3, 0.4) is 0 Å². The Kier molecular flexibility index (Phi) is 12.4. The van der Waals surface area contributed by atoms with Crippen molar-refractivity contribution in [1.29, 1.82) is 0 Å². The monoisotopic (exact) mass is 505 g/mol. The molecule has 0 aliphatic rings. The minimum Gasteiger partial charge on any atom is -0.444 e. The molecule has 0 aliphatic carbocycles. The molecule has 0 aromatic heterocycles. The molecule has 0 heterocycles. The first-order chi connectivity index (χ1) is 16.7. The first-order valence-corrected chi connectivity index (χ1v) is 13.0. The highest BCUT2D eigenvalue weighted by Crippen LogP contribution is 2.28. The molecule has 8 nitrogen and oxygen atoms in total. The summed E-state index contributed by atoms with van der Waals surface area (Å²) in [5, 5.41) is 15.7. The van der Waals surface area contributed by atoms with Crippen LogP contribution in [-0.4, -0.2) is 58.8 Å². The van der Waals surface area contributed by atoms with Crippen LogP contribution in [0.25, 0.3) is 0 Å². The summed E-state index contributed by atoms with van der Waals surface area (Å²) in [6.07, 6.45) is 1.36. The highest BCUT2D eigenvalue weighted by atomic mass is 16.6. The number of benzene rings is 1. The third-order valence-electron chi connectivity index (χ3n) is 5.93. The molecular weight excluding hydrogens is 458 g/mol. The predicted octanol–water partition coefficient (Wildman–Crippen LogP) is 4.41. The van der Waals surface area contributed by atoms with Crippen molar-refractivity contribution < 1.29 is 24.2 Å². The summed E-state index contributed by atoms with van der Waals surface area (Å²) in [6, 6.07) is 3.70. The largest absolute Gasteiger partial charge is 0.444 e. The van der Waals surface area contributed by atoms with Gasteiger partial charge < -0.3 is 25.4 Å². The Labute approximate surface area is 217 Å². The van der Waals surface area contributed by atoms with E-state index in [-0.39, 0.29) is 31.0 Å². The van der Waals surface area contributed by atoms with Crippen molar-refractivity contribution in [2.75, 3.05) is 13.2 Å². The second-order valence-electron chi connectivity index (χ2n) is 11.0. The van der Waals surface area contributed by atoms with Gasteiger partial charge in [-0.05, 0) is 77.0 Å². The quantitative estimate of drug-likeness (QED) is 0.390. The van der Waals surface area contributed by atoms with Gasteiger partial charge in [0.15, 0.2) is 0 Å². The molecule has 1 rings (SSSR count). The lowest BCUT2D eigenvalue weighted by atomic mass is 9.94. The maximum Gasteiger partial charge on any atom is 0.408 e. The molecule has 0 saturated heterocycles. The summed E-state index contributed by atoms with van der Waals surface area (Å²) in [5.41, 5.74) is 1.86. The van der Waals surface area contributed by atoms with E-state index in [1.54, 1.807) is 20.8 Å². The van der Waals surface area contributed by atoms with Gasteiger partial charge in [-0.3, -0.25) is 9.59 Å². The molecule has 0 aliphatic heterocycles. The molecule has 3 N–H and O–H groups in total. The van der Waals surface area contributed by atoms with E-state index in [0.717, 1.165) is 24.0 Å². The van der Waals surface area contributed by atoms with Crippen LogP contribution in [0.5, 0.6) is 0 Å². The van der Waals surface area contributed by atoms with Crippen LogP contribution in [0.2, 0.25) is 0 Å². The summed E-state index contributed by atoms with van der Waals surface area (Å²) in [7, 11) is 0. The lowest BCUT2D eigenvalue weighted by Gasteiger charge is -2.35. The third-order valence-corrected chi connectivity index (χ3v) is 5.93. The number of nitrogens with zero attached hydrogens (tertiary/aromatic N) is 1. The molecule has 1 aromatic carbocycles. The van der Waals surface area contributed by atoms with E-state index >= 15 is 0 Å². The average molecular weight is 506 g/mol. The van der Waals surface area contributed by atoms with E-state index in [1.165, 1.54) is 4.90 Å². The van der Waals surface area contributed by atoms with E-state index in [0.29, 0.717) is 12.0 Å². The molecule has 3 atom stereocenters. The molecular formula is C28H47N3O5. The van der Waals surface area contributed by atoms with E-state index in [4.69, 9.17) is 4.74 Å². The van der Waals surface area contributed by atoms with E-state index < -0.39 is 29.7 Å². The van der Waals surface area contributed by atoms with Crippen LogP contribution >= 0.6 is 0 Å². The molecule has 3 amide bonds. The first kappa shape index (κ1) is 31.4. The van der Waals surface area contributed by atoms with E-state index in [9.17, 15) is 19.5 Å². The topological polar surface area (TPSA) is 108 Å². The fourth-order valence-corrected chi connectivity index (χ4v) is 4.16. The van der Waals surface area contributed by atoms with Crippen molar-refractivity contribution in [3.05, 3.63) is 34.9 Å². The van der Waals surface area contributed by atoms with Gasteiger partial charge in [-0.1, -0.05) is 45.4 Å². The maximum absolute atomic E-state index is 14.0. The number of hydrogen-bond acceptors (Lipinski definition) is 5. The molecule has 0 radical (unpaired) electrons. The van der Waals surface area contributed by atoms with Gasteiger partial charge in [0, 0.05) is 12.6 Å². The highest BCUT2D eigenvalue weighted by Gasteiger charge is 2.37. The van der Waals surface area contributed by atoms with Gasteiger partial charge in [-0.2, -0.15) is 0 Å². The van der Waals surface area contributed by atoms with Gasteiger partial charge in [-0.25, -0.2) is 4.79 Å². The van der Waals surface area contributed by atoms with Crippen molar-refractivity contribution in [2.24, 2.45) is 5.92 Å². The van der Waals surface area contributed by atoms with Crippen molar-refractivity contribution in [2.45, 2.75) is 105 Å². The van der Waals surface area contributed by atoms with Gasteiger partial charge >= 0.3 is 6.09 Å². The van der Waals surface area contributed by atoms with Crippen molar-refractivity contribution in [3.63, 3.8) is 0 Å². The van der Waals surface area contributed by atoms with Crippen molar-refractivity contribution in [1.82, 2.24) is 15.5 Å². The zero-order chi connectivity index (χ0) is 27.6. The number of alkyl carbamates (subject to hydrolysis) is 1. The van der Waals surface area contributed by atoms with Gasteiger partial charge in [0.05, 0.1) is 6.61 Å². The summed E-state index contributed by atoms with van der Waals surface area (Å²) in [4.78, 5) is 41.6. The van der Waals surface area contributed by atoms with Crippen molar-refractivity contribution >= 4 is 17.9 Å². The minimum absolute atomic E-state index is 0.0585. The van der Waals surface area contributed by atoms with Crippen LogP contribution in [0.1, 0.15) is 90.5 Å². The average Bonchev–Trinajstić information content (AvgIpc) is 2.73. The Balaban J connectivity index is 3.51. The molecule has 0 saturated carbocycles. The molecule has 0 fully saturated rings. The molecule has 36 heavy (non-hydrogen) atoms. The van der Waals surface area contributed by atoms with Crippen LogP contribution in [0.4, 0.5) is 4.79 Å². The van der Waals surface area contributed by atoms with Gasteiger partial charge in [0.25, 0.3) is 0 Å². The number of aryl methyl sites for hydroxylation is 1. The Morgan fingerprint density at radius 3 is 2.25 bits per heavy atom. The molecule has 3 unspecified atom stereocenters. The fourth-order valence-electron chi connectivity index (χ4n) is 4.16. The zero-order valence-corrected chi connectivity index (χ0v) is 23.6. The predicted molar refractivity (Wildman–Crippen MR) is 143 cm³/mol. The molecule has 8 heteroatoms. The van der Waals surface area contributed by atoms with Crippen LogP contribution < -0.4 is 10.6 Å². The second kappa shape index (κ2) is 14.2. The number of carbonyl (C=O) groups is 3. The van der Waals surface area contributed by atoms with E-state index in [2.05, 4.69) is 10.6 Å². The standard InChI is InChI=1S/C28H47N3O5/c1-10-12-20(5)29-25(33)24(22-14-11-13-19(4)21(22)6)31(15-16-32)26(34)23(17-18(2)3)30-27(35)36-28(7,8)9/h11,13-14,18,20,23-24,32H,10,12,15-17H2,1-9H3,(H,29,33)(H,30,35). The number of amides is 3. The number of carbonyl (C=O) groups excluding carboxylic acids is 3. The Bertz CT molecular complexity index is 878. The summed E-state index contributed by atoms with van der Waals surface area (Å²) in [5.74, 6) is -0.665. The maximum atomic E-state index is 14.0. The lowest BCUT2D eigenvalue weighted by Crippen LogP contribution is -2.54. The van der Waals surface area contributed by atoms with E-state index in [1.807, 2.05) is 59.7 Å².